The number of aromatic nitrogens is 1. The van der Waals surface area contributed by atoms with Gasteiger partial charge in [-0.05, 0) is 48.0 Å². The Labute approximate surface area is 153 Å². The van der Waals surface area contributed by atoms with Crippen molar-refractivity contribution in [3.8, 4) is 11.3 Å². The highest BCUT2D eigenvalue weighted by atomic mass is 35.5. The molecular weight excluding hydrogens is 361 g/mol. The van der Waals surface area contributed by atoms with Gasteiger partial charge in [-0.3, -0.25) is 4.79 Å². The van der Waals surface area contributed by atoms with Gasteiger partial charge in [0.25, 0.3) is 0 Å². The molecule has 0 unspecified atom stereocenters. The van der Waals surface area contributed by atoms with Gasteiger partial charge in [-0.1, -0.05) is 29.8 Å². The topological polar surface area (TPSA) is 50.2 Å². The van der Waals surface area contributed by atoms with E-state index in [4.69, 9.17) is 16.7 Å². The molecule has 0 spiro atoms. The minimum Gasteiger partial charge on any atom is -0.481 e. The third-order valence-electron chi connectivity index (χ3n) is 3.43. The maximum Gasteiger partial charge on any atom is 0.308 e. The molecule has 3 nitrogen and oxygen atoms in total. The smallest absolute Gasteiger partial charge is 0.308 e. The van der Waals surface area contributed by atoms with Crippen LogP contribution in [0.15, 0.2) is 48.5 Å². The van der Waals surface area contributed by atoms with Crippen molar-refractivity contribution in [1.29, 1.82) is 0 Å². The summed E-state index contributed by atoms with van der Waals surface area (Å²) in [6.45, 7) is 0. The molecule has 0 aliphatic carbocycles. The maximum atomic E-state index is 13.1. The summed E-state index contributed by atoms with van der Waals surface area (Å²) < 4.78 is 13.1. The van der Waals surface area contributed by atoms with E-state index in [2.05, 4.69) is 4.98 Å². The summed E-state index contributed by atoms with van der Waals surface area (Å²) >= 11 is 7.17. The number of aliphatic carboxylic acids is 1. The predicted octanol–water partition coefficient (Wildman–Crippen LogP) is 5.40. The largest absolute Gasteiger partial charge is 0.481 e. The Balaban J connectivity index is 1.93. The highest BCUT2D eigenvalue weighted by Gasteiger charge is 2.15. The summed E-state index contributed by atoms with van der Waals surface area (Å²) in [7, 11) is 0. The maximum absolute atomic E-state index is 13.1. The molecule has 0 aliphatic rings. The van der Waals surface area contributed by atoms with Crippen LogP contribution in [-0.4, -0.2) is 16.1 Å². The van der Waals surface area contributed by atoms with Crippen LogP contribution in [-0.2, 0) is 11.2 Å². The summed E-state index contributed by atoms with van der Waals surface area (Å²) in [4.78, 5) is 16.3. The molecule has 1 aromatic heterocycles. The van der Waals surface area contributed by atoms with Crippen LogP contribution >= 0.6 is 22.9 Å². The minimum absolute atomic E-state index is 0.126. The first-order valence-electron chi connectivity index (χ1n) is 7.42. The highest BCUT2D eigenvalue weighted by molar-refractivity contribution is 7.13. The lowest BCUT2D eigenvalue weighted by molar-refractivity contribution is -0.136. The van der Waals surface area contributed by atoms with E-state index in [1.165, 1.54) is 23.5 Å². The Morgan fingerprint density at radius 2 is 1.80 bits per heavy atom. The molecule has 126 valence electrons. The SMILES string of the molecule is O=C(O)Cc1sc(/C=C/c2ccc(Cl)cc2)nc1-c1ccc(F)cc1. The highest BCUT2D eigenvalue weighted by Crippen LogP contribution is 2.30. The standard InChI is InChI=1S/C19H13ClFNO2S/c20-14-6-1-12(2-7-14)3-10-17-22-19(16(25-17)11-18(23)24)13-4-8-15(21)9-5-13/h1-10H,11H2,(H,23,24)/b10-3+. The first-order valence-corrected chi connectivity index (χ1v) is 8.62. The van der Waals surface area contributed by atoms with Gasteiger partial charge in [0.05, 0.1) is 12.1 Å². The third-order valence-corrected chi connectivity index (χ3v) is 4.70. The zero-order valence-corrected chi connectivity index (χ0v) is 14.5. The number of nitrogens with zero attached hydrogens (tertiary/aromatic N) is 1. The average Bonchev–Trinajstić information content (AvgIpc) is 2.97. The van der Waals surface area contributed by atoms with Gasteiger partial charge in [0.2, 0.25) is 0 Å². The fraction of sp³-hybridized carbons (Fsp3) is 0.0526. The van der Waals surface area contributed by atoms with Crippen LogP contribution in [0.2, 0.25) is 5.02 Å². The fourth-order valence-corrected chi connectivity index (χ4v) is 3.38. The molecule has 1 heterocycles. The number of hydrogen-bond donors (Lipinski definition) is 1. The third kappa shape index (κ3) is 4.53. The number of halogens is 2. The van der Waals surface area contributed by atoms with Crippen LogP contribution in [0.25, 0.3) is 23.4 Å². The van der Waals surface area contributed by atoms with E-state index in [9.17, 15) is 9.18 Å². The molecule has 0 amide bonds. The van der Waals surface area contributed by atoms with Gasteiger partial charge in [0.1, 0.15) is 10.8 Å². The monoisotopic (exact) mass is 373 g/mol. The van der Waals surface area contributed by atoms with Gasteiger partial charge in [-0.25, -0.2) is 9.37 Å². The van der Waals surface area contributed by atoms with Crippen LogP contribution in [0.4, 0.5) is 4.39 Å². The fourth-order valence-electron chi connectivity index (χ4n) is 2.27. The van der Waals surface area contributed by atoms with Gasteiger partial charge >= 0.3 is 5.97 Å². The van der Waals surface area contributed by atoms with Crippen LogP contribution in [0.1, 0.15) is 15.4 Å². The van der Waals surface area contributed by atoms with Crippen molar-refractivity contribution in [3.63, 3.8) is 0 Å². The Morgan fingerprint density at radius 3 is 2.44 bits per heavy atom. The molecule has 0 saturated heterocycles. The summed E-state index contributed by atoms with van der Waals surface area (Å²) in [5.41, 5.74) is 2.23. The molecule has 2 aromatic carbocycles. The Morgan fingerprint density at radius 1 is 1.12 bits per heavy atom. The van der Waals surface area contributed by atoms with Gasteiger partial charge in [0.15, 0.2) is 0 Å². The number of carboxylic acid groups (broad SMARTS) is 1. The molecule has 0 radical (unpaired) electrons. The zero-order chi connectivity index (χ0) is 17.8. The lowest BCUT2D eigenvalue weighted by Crippen LogP contribution is -1.99. The van der Waals surface area contributed by atoms with Crippen molar-refractivity contribution in [1.82, 2.24) is 4.98 Å². The van der Waals surface area contributed by atoms with Gasteiger partial charge < -0.3 is 5.11 Å². The average molecular weight is 374 g/mol. The molecule has 6 heteroatoms. The second kappa shape index (κ2) is 7.59. The molecule has 1 N–H and O–H groups in total. The number of carbonyl (C=O) groups is 1. The van der Waals surface area contributed by atoms with Crippen molar-refractivity contribution < 1.29 is 14.3 Å². The van der Waals surface area contributed by atoms with Crippen molar-refractivity contribution in [2.45, 2.75) is 6.42 Å². The molecule has 0 aliphatic heterocycles. The molecular formula is C19H13ClFNO2S. The Kier molecular flexibility index (Phi) is 5.26. The minimum atomic E-state index is -0.930. The van der Waals surface area contributed by atoms with Crippen molar-refractivity contribution >= 4 is 41.1 Å². The normalized spacial score (nSPS) is 11.1. The number of benzene rings is 2. The summed E-state index contributed by atoms with van der Waals surface area (Å²) in [6.07, 6.45) is 3.58. The second-order valence-corrected chi connectivity index (χ2v) is 6.84. The van der Waals surface area contributed by atoms with E-state index in [1.54, 1.807) is 24.3 Å². The Bertz CT molecular complexity index is 918. The van der Waals surface area contributed by atoms with E-state index < -0.39 is 5.97 Å². The van der Waals surface area contributed by atoms with E-state index >= 15 is 0 Å². The molecule has 0 fully saturated rings. The predicted molar refractivity (Wildman–Crippen MR) is 99.2 cm³/mol. The van der Waals surface area contributed by atoms with E-state index in [0.29, 0.717) is 26.2 Å². The Hall–Kier alpha value is -2.50. The number of thiazole rings is 1. The molecule has 0 bridgehead atoms. The van der Waals surface area contributed by atoms with Crippen molar-refractivity contribution in [2.24, 2.45) is 0 Å². The summed E-state index contributed by atoms with van der Waals surface area (Å²) in [5.74, 6) is -1.28. The molecule has 25 heavy (non-hydrogen) atoms. The summed E-state index contributed by atoms with van der Waals surface area (Å²) in [5, 5.41) is 10.5. The number of rotatable bonds is 5. The number of carboxylic acids is 1. The first kappa shape index (κ1) is 17.3. The molecule has 0 saturated carbocycles. The van der Waals surface area contributed by atoms with E-state index in [1.807, 2.05) is 24.3 Å². The number of hydrogen-bond acceptors (Lipinski definition) is 3. The van der Waals surface area contributed by atoms with Crippen LogP contribution < -0.4 is 0 Å². The van der Waals surface area contributed by atoms with Gasteiger partial charge in [-0.2, -0.15) is 0 Å². The van der Waals surface area contributed by atoms with E-state index in [-0.39, 0.29) is 12.2 Å². The molecule has 3 aromatic rings. The van der Waals surface area contributed by atoms with Crippen LogP contribution in [0.5, 0.6) is 0 Å². The lowest BCUT2D eigenvalue weighted by atomic mass is 10.1. The summed E-state index contributed by atoms with van der Waals surface area (Å²) in [6, 6.07) is 13.2. The first-order chi connectivity index (χ1) is 12.0. The zero-order valence-electron chi connectivity index (χ0n) is 12.9. The van der Waals surface area contributed by atoms with Gasteiger partial charge in [0, 0.05) is 15.5 Å². The quantitative estimate of drug-likeness (QED) is 0.651. The molecule has 3 rings (SSSR count). The van der Waals surface area contributed by atoms with Crippen molar-refractivity contribution in [3.05, 3.63) is 74.8 Å². The van der Waals surface area contributed by atoms with Gasteiger partial charge in [-0.15, -0.1) is 11.3 Å². The second-order valence-electron chi connectivity index (χ2n) is 5.29. The van der Waals surface area contributed by atoms with E-state index in [0.717, 1.165) is 5.56 Å². The van der Waals surface area contributed by atoms with Crippen molar-refractivity contribution in [2.75, 3.05) is 0 Å². The van der Waals surface area contributed by atoms with Crippen LogP contribution in [0.3, 0.4) is 0 Å². The lowest BCUT2D eigenvalue weighted by Gasteiger charge is -2.00. The van der Waals surface area contributed by atoms with Crippen LogP contribution in [0, 0.1) is 5.82 Å². The molecule has 0 atom stereocenters.